The summed E-state index contributed by atoms with van der Waals surface area (Å²) in [5.41, 5.74) is -0.132. The van der Waals surface area contributed by atoms with E-state index in [1.165, 1.54) is 36.1 Å². The van der Waals surface area contributed by atoms with E-state index < -0.39 is 35.9 Å². The number of ether oxygens (including phenoxy) is 2. The van der Waals surface area contributed by atoms with Crippen molar-refractivity contribution in [3.05, 3.63) is 54.3 Å². The summed E-state index contributed by atoms with van der Waals surface area (Å²) in [5.74, 6) is -1.77. The fraction of sp³-hybridized carbons (Fsp3) is 0.286. The third-order valence-corrected chi connectivity index (χ3v) is 4.55. The Balaban J connectivity index is 1.67. The Morgan fingerprint density at radius 3 is 2.48 bits per heavy atom. The lowest BCUT2D eigenvalue weighted by molar-refractivity contribution is -0.154. The summed E-state index contributed by atoms with van der Waals surface area (Å²) in [6.07, 6.45) is -1.00. The van der Waals surface area contributed by atoms with Crippen LogP contribution in [0.3, 0.4) is 0 Å². The molecule has 8 heteroatoms. The highest BCUT2D eigenvalue weighted by Gasteiger charge is 2.43. The minimum atomic E-state index is -1.16. The first kappa shape index (κ1) is 20.3. The second-order valence-corrected chi connectivity index (χ2v) is 7.08. The van der Waals surface area contributed by atoms with Crippen LogP contribution in [0, 0.1) is 5.82 Å². The number of hydrogen-bond acceptors (Lipinski definition) is 5. The molecule has 0 fully saturated rings. The first-order chi connectivity index (χ1) is 13.7. The van der Waals surface area contributed by atoms with Crippen LogP contribution in [0.25, 0.3) is 0 Å². The zero-order valence-corrected chi connectivity index (χ0v) is 16.3. The van der Waals surface area contributed by atoms with Crippen molar-refractivity contribution in [2.45, 2.75) is 32.4 Å². The molecule has 0 unspecified atom stereocenters. The topological polar surface area (TPSA) is 84.9 Å². The van der Waals surface area contributed by atoms with Crippen LogP contribution in [0.15, 0.2) is 48.5 Å². The quantitative estimate of drug-likeness (QED) is 0.780. The van der Waals surface area contributed by atoms with Gasteiger partial charge in [0.25, 0.3) is 5.91 Å². The first-order valence-electron chi connectivity index (χ1n) is 9.02. The zero-order chi connectivity index (χ0) is 21.2. The van der Waals surface area contributed by atoms with E-state index in [9.17, 15) is 18.8 Å². The SMILES string of the molecule is C[C@H](Oc1ccc(F)cc1)C(=O)OCC(=O)N1c2ccccc2NC(=O)C1(C)C. The largest absolute Gasteiger partial charge is 0.479 e. The van der Waals surface area contributed by atoms with Crippen molar-refractivity contribution < 1.29 is 28.2 Å². The van der Waals surface area contributed by atoms with E-state index in [0.29, 0.717) is 17.1 Å². The number of benzene rings is 2. The van der Waals surface area contributed by atoms with Gasteiger partial charge in [0.2, 0.25) is 5.91 Å². The third-order valence-electron chi connectivity index (χ3n) is 4.55. The number of hydrogen-bond donors (Lipinski definition) is 1. The molecule has 0 aromatic heterocycles. The Bertz CT molecular complexity index is 942. The summed E-state index contributed by atoms with van der Waals surface area (Å²) in [7, 11) is 0. The summed E-state index contributed by atoms with van der Waals surface area (Å²) in [6, 6.07) is 12.1. The summed E-state index contributed by atoms with van der Waals surface area (Å²) >= 11 is 0. The molecule has 152 valence electrons. The molecule has 0 saturated heterocycles. The van der Waals surface area contributed by atoms with Gasteiger partial charge in [-0.3, -0.25) is 14.5 Å². The lowest BCUT2D eigenvalue weighted by Crippen LogP contribution is -2.59. The van der Waals surface area contributed by atoms with E-state index in [1.807, 2.05) is 0 Å². The second kappa shape index (κ2) is 7.90. The number of nitrogens with one attached hydrogen (secondary N) is 1. The molecule has 7 nitrogen and oxygen atoms in total. The van der Waals surface area contributed by atoms with Crippen LogP contribution in [-0.4, -0.2) is 36.0 Å². The Kier molecular flexibility index (Phi) is 5.54. The highest BCUT2D eigenvalue weighted by atomic mass is 19.1. The number of carbonyl (C=O) groups excluding carboxylic acids is 3. The smallest absolute Gasteiger partial charge is 0.347 e. The van der Waals surface area contributed by atoms with Gasteiger partial charge in [-0.2, -0.15) is 0 Å². The van der Waals surface area contributed by atoms with E-state index in [0.717, 1.165) is 0 Å². The molecule has 1 aliphatic rings. The van der Waals surface area contributed by atoms with Crippen molar-refractivity contribution in [1.29, 1.82) is 0 Å². The summed E-state index contributed by atoms with van der Waals surface area (Å²) < 4.78 is 23.4. The van der Waals surface area contributed by atoms with E-state index in [1.54, 1.807) is 38.1 Å². The summed E-state index contributed by atoms with van der Waals surface area (Å²) in [5, 5.41) is 2.76. The number of anilines is 2. The molecule has 0 spiro atoms. The van der Waals surface area contributed by atoms with Crippen LogP contribution in [0.4, 0.5) is 15.8 Å². The Morgan fingerprint density at radius 2 is 1.79 bits per heavy atom. The maximum atomic E-state index is 12.9. The van der Waals surface area contributed by atoms with Crippen LogP contribution >= 0.6 is 0 Å². The summed E-state index contributed by atoms with van der Waals surface area (Å²) in [4.78, 5) is 38.8. The molecule has 2 amide bonds. The van der Waals surface area contributed by atoms with Crippen molar-refractivity contribution in [1.82, 2.24) is 0 Å². The van der Waals surface area contributed by atoms with Gasteiger partial charge in [0.15, 0.2) is 12.7 Å². The lowest BCUT2D eigenvalue weighted by Gasteiger charge is -2.41. The highest BCUT2D eigenvalue weighted by Crippen LogP contribution is 2.36. The molecule has 1 aliphatic heterocycles. The minimum absolute atomic E-state index is 0.296. The molecule has 0 bridgehead atoms. The van der Waals surface area contributed by atoms with Crippen LogP contribution in [0.1, 0.15) is 20.8 Å². The number of halogens is 1. The van der Waals surface area contributed by atoms with Crippen LogP contribution in [0.5, 0.6) is 5.75 Å². The van der Waals surface area contributed by atoms with Crippen molar-refractivity contribution in [2.24, 2.45) is 0 Å². The Hall–Kier alpha value is -3.42. The van der Waals surface area contributed by atoms with Gasteiger partial charge in [-0.15, -0.1) is 0 Å². The van der Waals surface area contributed by atoms with Gasteiger partial charge >= 0.3 is 5.97 Å². The lowest BCUT2D eigenvalue weighted by atomic mass is 9.96. The number of fused-ring (bicyclic) bond motifs is 1. The average Bonchev–Trinajstić information content (AvgIpc) is 2.68. The Morgan fingerprint density at radius 1 is 1.14 bits per heavy atom. The van der Waals surface area contributed by atoms with Crippen LogP contribution in [0.2, 0.25) is 0 Å². The van der Waals surface area contributed by atoms with Gasteiger partial charge < -0.3 is 14.8 Å². The standard InChI is InChI=1S/C21H21FN2O5/c1-13(29-15-10-8-14(22)9-11-15)19(26)28-12-18(25)24-17-7-5-4-6-16(17)23-20(27)21(24,2)3/h4-11,13H,12H2,1-3H3,(H,23,27)/t13-/m0/s1. The van der Waals surface area contributed by atoms with Gasteiger partial charge in [-0.05, 0) is 57.2 Å². The third kappa shape index (κ3) is 4.21. The van der Waals surface area contributed by atoms with Gasteiger partial charge in [-0.1, -0.05) is 12.1 Å². The molecule has 0 radical (unpaired) electrons. The van der Waals surface area contributed by atoms with Crippen LogP contribution < -0.4 is 15.0 Å². The summed E-state index contributed by atoms with van der Waals surface area (Å²) in [6.45, 7) is 4.13. The molecule has 0 aliphatic carbocycles. The van der Waals surface area contributed by atoms with Gasteiger partial charge in [-0.25, -0.2) is 9.18 Å². The zero-order valence-electron chi connectivity index (χ0n) is 16.3. The van der Waals surface area contributed by atoms with E-state index >= 15 is 0 Å². The van der Waals surface area contributed by atoms with Crippen LogP contribution in [-0.2, 0) is 19.1 Å². The molecular formula is C21H21FN2O5. The van der Waals surface area contributed by atoms with Gasteiger partial charge in [0.05, 0.1) is 11.4 Å². The molecule has 2 aromatic rings. The van der Waals surface area contributed by atoms with Crippen molar-refractivity contribution in [3.63, 3.8) is 0 Å². The number of carbonyl (C=O) groups is 3. The molecule has 1 atom stereocenters. The fourth-order valence-corrected chi connectivity index (χ4v) is 2.98. The van der Waals surface area contributed by atoms with Gasteiger partial charge in [0.1, 0.15) is 17.1 Å². The molecule has 1 N–H and O–H groups in total. The first-order valence-corrected chi connectivity index (χ1v) is 9.02. The van der Waals surface area contributed by atoms with E-state index in [-0.39, 0.29) is 5.91 Å². The number of esters is 1. The predicted molar refractivity (Wildman–Crippen MR) is 104 cm³/mol. The fourth-order valence-electron chi connectivity index (χ4n) is 2.98. The van der Waals surface area contributed by atoms with Crippen molar-refractivity contribution in [3.8, 4) is 5.75 Å². The maximum absolute atomic E-state index is 12.9. The normalized spacial score (nSPS) is 15.7. The predicted octanol–water partition coefficient (Wildman–Crippen LogP) is 2.90. The molecule has 3 rings (SSSR count). The number of rotatable bonds is 5. The molecular weight excluding hydrogens is 379 g/mol. The molecule has 2 aromatic carbocycles. The van der Waals surface area contributed by atoms with Crippen molar-refractivity contribution in [2.75, 3.05) is 16.8 Å². The number of nitrogens with zero attached hydrogens (tertiary/aromatic N) is 1. The number of para-hydroxylation sites is 2. The van der Waals surface area contributed by atoms with E-state index in [2.05, 4.69) is 5.32 Å². The molecule has 29 heavy (non-hydrogen) atoms. The van der Waals surface area contributed by atoms with Crippen molar-refractivity contribution >= 4 is 29.2 Å². The molecule has 0 saturated carbocycles. The van der Waals surface area contributed by atoms with E-state index in [4.69, 9.17) is 9.47 Å². The minimum Gasteiger partial charge on any atom is -0.479 e. The molecule has 1 heterocycles. The maximum Gasteiger partial charge on any atom is 0.347 e. The average molecular weight is 400 g/mol. The second-order valence-electron chi connectivity index (χ2n) is 7.08. The Labute approximate surface area is 167 Å². The van der Waals surface area contributed by atoms with Gasteiger partial charge in [0, 0.05) is 0 Å². The number of amides is 2. The monoisotopic (exact) mass is 400 g/mol. The highest BCUT2D eigenvalue weighted by molar-refractivity contribution is 6.14.